The van der Waals surface area contributed by atoms with Crippen LogP contribution in [0.25, 0.3) is 16.2 Å². The number of ether oxygens (including phenoxy) is 2. The van der Waals surface area contributed by atoms with E-state index in [4.69, 9.17) is 9.47 Å². The van der Waals surface area contributed by atoms with Crippen molar-refractivity contribution in [1.29, 1.82) is 0 Å². The summed E-state index contributed by atoms with van der Waals surface area (Å²) in [6, 6.07) is 13.6. The maximum absolute atomic E-state index is 5.69. The quantitative estimate of drug-likeness (QED) is 0.358. The van der Waals surface area contributed by atoms with E-state index in [0.717, 1.165) is 40.1 Å². The summed E-state index contributed by atoms with van der Waals surface area (Å²) in [7, 11) is 4.11. The fourth-order valence-electron chi connectivity index (χ4n) is 2.93. The maximum atomic E-state index is 5.69. The Balaban J connectivity index is 1.28. The number of imidazole rings is 1. The third-order valence-electron chi connectivity index (χ3n) is 4.47. The van der Waals surface area contributed by atoms with Gasteiger partial charge in [-0.1, -0.05) is 29.5 Å². The zero-order valence-electron chi connectivity index (χ0n) is 17.7. The van der Waals surface area contributed by atoms with E-state index >= 15 is 0 Å². The van der Waals surface area contributed by atoms with Crippen molar-refractivity contribution >= 4 is 21.4 Å². The van der Waals surface area contributed by atoms with Crippen LogP contribution in [0.4, 0.5) is 5.13 Å². The van der Waals surface area contributed by atoms with Gasteiger partial charge in [0.15, 0.2) is 0 Å². The van der Waals surface area contributed by atoms with E-state index in [1.807, 2.05) is 48.7 Å². The predicted molar refractivity (Wildman–Crippen MR) is 123 cm³/mol. The molecule has 1 N–H and O–H groups in total. The van der Waals surface area contributed by atoms with Crippen LogP contribution in [0.2, 0.25) is 0 Å². The van der Waals surface area contributed by atoms with Crippen LogP contribution in [0, 0.1) is 0 Å². The first kappa shape index (κ1) is 21.1. The van der Waals surface area contributed by atoms with Crippen molar-refractivity contribution in [2.45, 2.75) is 6.42 Å². The maximum Gasteiger partial charge on any atom is 0.214 e. The van der Waals surface area contributed by atoms with Crippen molar-refractivity contribution in [2.75, 3.05) is 45.7 Å². The molecule has 1 aromatic carbocycles. The van der Waals surface area contributed by atoms with E-state index in [0.29, 0.717) is 25.6 Å². The second-order valence-electron chi connectivity index (χ2n) is 7.24. The Morgan fingerprint density at radius 3 is 2.68 bits per heavy atom. The van der Waals surface area contributed by atoms with E-state index in [1.54, 1.807) is 10.7 Å². The number of hydrogen-bond acceptors (Lipinski definition) is 8. The average molecular weight is 439 g/mol. The number of anilines is 1. The van der Waals surface area contributed by atoms with Crippen LogP contribution in [-0.2, 0) is 0 Å². The average Bonchev–Trinajstić information content (AvgIpc) is 3.34. The topological polar surface area (TPSA) is 76.8 Å². The first-order chi connectivity index (χ1) is 15.2. The molecule has 162 valence electrons. The molecule has 0 aliphatic heterocycles. The minimum absolute atomic E-state index is 0.562. The van der Waals surface area contributed by atoms with Crippen LogP contribution >= 0.6 is 11.3 Å². The number of nitrogens with one attached hydrogen (secondary N) is 1. The van der Waals surface area contributed by atoms with Gasteiger partial charge < -0.3 is 19.7 Å². The lowest BCUT2D eigenvalue weighted by Gasteiger charge is -2.09. The van der Waals surface area contributed by atoms with Gasteiger partial charge in [0, 0.05) is 24.4 Å². The molecule has 0 aliphatic carbocycles. The Labute approximate surface area is 185 Å². The number of nitrogens with zero attached hydrogens (tertiary/aromatic N) is 5. The molecular weight excluding hydrogens is 412 g/mol. The standard InChI is InChI=1S/C22H26N6O2S/c1-27(2)12-6-13-30-20-10-9-17(15-24-20)19-16-28-22(25-19)31-21(26-28)23-11-14-29-18-7-4-3-5-8-18/h3-5,7-10,15-16H,6,11-14H2,1-2H3,(H,23,26). The van der Waals surface area contributed by atoms with E-state index in [1.165, 1.54) is 11.3 Å². The molecule has 4 rings (SSSR count). The number of aromatic nitrogens is 4. The van der Waals surface area contributed by atoms with Crippen molar-refractivity contribution in [1.82, 2.24) is 24.5 Å². The normalized spacial score (nSPS) is 11.2. The number of para-hydroxylation sites is 1. The molecule has 4 aromatic rings. The predicted octanol–water partition coefficient (Wildman–Crippen LogP) is 3.67. The second-order valence-corrected chi connectivity index (χ2v) is 8.20. The molecule has 0 radical (unpaired) electrons. The summed E-state index contributed by atoms with van der Waals surface area (Å²) in [6.07, 6.45) is 4.66. The largest absolute Gasteiger partial charge is 0.492 e. The second kappa shape index (κ2) is 10.2. The first-order valence-electron chi connectivity index (χ1n) is 10.2. The van der Waals surface area contributed by atoms with E-state index in [9.17, 15) is 0 Å². The molecule has 9 heteroatoms. The summed E-state index contributed by atoms with van der Waals surface area (Å²) < 4.78 is 13.2. The molecule has 3 heterocycles. The molecule has 0 spiro atoms. The minimum atomic E-state index is 0.562. The van der Waals surface area contributed by atoms with E-state index < -0.39 is 0 Å². The van der Waals surface area contributed by atoms with Crippen molar-refractivity contribution in [3.63, 3.8) is 0 Å². The zero-order chi connectivity index (χ0) is 21.5. The lowest BCUT2D eigenvalue weighted by molar-refractivity contribution is 0.273. The van der Waals surface area contributed by atoms with Crippen LogP contribution in [0.1, 0.15) is 6.42 Å². The first-order valence-corrected chi connectivity index (χ1v) is 11.0. The van der Waals surface area contributed by atoms with Gasteiger partial charge in [0.25, 0.3) is 0 Å². The third-order valence-corrected chi connectivity index (χ3v) is 5.35. The summed E-state index contributed by atoms with van der Waals surface area (Å²) in [5.41, 5.74) is 1.77. The van der Waals surface area contributed by atoms with Gasteiger partial charge in [0.05, 0.1) is 25.0 Å². The molecular formula is C22H26N6O2S. The smallest absolute Gasteiger partial charge is 0.214 e. The summed E-state index contributed by atoms with van der Waals surface area (Å²) in [5.74, 6) is 1.49. The highest BCUT2D eigenvalue weighted by Crippen LogP contribution is 2.25. The molecule has 0 saturated carbocycles. The highest BCUT2D eigenvalue weighted by atomic mass is 32.1. The summed E-state index contributed by atoms with van der Waals surface area (Å²) in [6.45, 7) is 2.87. The molecule has 0 atom stereocenters. The van der Waals surface area contributed by atoms with Crippen molar-refractivity contribution < 1.29 is 9.47 Å². The van der Waals surface area contributed by atoms with E-state index in [2.05, 4.69) is 39.4 Å². The Kier molecular flexibility index (Phi) is 6.96. The van der Waals surface area contributed by atoms with Gasteiger partial charge >= 0.3 is 0 Å². The molecule has 0 aliphatic rings. The fourth-order valence-corrected chi connectivity index (χ4v) is 3.74. The van der Waals surface area contributed by atoms with Gasteiger partial charge in [0.1, 0.15) is 12.4 Å². The Morgan fingerprint density at radius 1 is 1.06 bits per heavy atom. The van der Waals surface area contributed by atoms with Crippen molar-refractivity contribution in [3.05, 3.63) is 54.9 Å². The Morgan fingerprint density at radius 2 is 1.94 bits per heavy atom. The highest BCUT2D eigenvalue weighted by Gasteiger charge is 2.10. The van der Waals surface area contributed by atoms with Crippen LogP contribution in [0.15, 0.2) is 54.9 Å². The molecule has 0 fully saturated rings. The minimum Gasteiger partial charge on any atom is -0.492 e. The van der Waals surface area contributed by atoms with Gasteiger partial charge in [0.2, 0.25) is 16.0 Å². The number of benzene rings is 1. The fraction of sp³-hybridized carbons (Fsp3) is 0.318. The summed E-state index contributed by atoms with van der Waals surface area (Å²) in [4.78, 5) is 12.0. The molecule has 3 aromatic heterocycles. The van der Waals surface area contributed by atoms with Gasteiger partial charge in [-0.15, -0.1) is 5.10 Å². The lowest BCUT2D eigenvalue weighted by Crippen LogP contribution is -2.15. The molecule has 0 unspecified atom stereocenters. The number of rotatable bonds is 11. The van der Waals surface area contributed by atoms with Crippen molar-refractivity contribution in [2.24, 2.45) is 0 Å². The van der Waals surface area contributed by atoms with Gasteiger partial charge in [-0.25, -0.2) is 14.5 Å². The van der Waals surface area contributed by atoms with Gasteiger partial charge in [-0.3, -0.25) is 0 Å². The third kappa shape index (κ3) is 5.93. The van der Waals surface area contributed by atoms with Crippen LogP contribution < -0.4 is 14.8 Å². The summed E-state index contributed by atoms with van der Waals surface area (Å²) in [5, 5.41) is 8.63. The molecule has 0 saturated heterocycles. The van der Waals surface area contributed by atoms with E-state index in [-0.39, 0.29) is 0 Å². The number of pyridine rings is 1. The van der Waals surface area contributed by atoms with Crippen LogP contribution in [0.5, 0.6) is 11.6 Å². The summed E-state index contributed by atoms with van der Waals surface area (Å²) >= 11 is 1.50. The van der Waals surface area contributed by atoms with Crippen LogP contribution in [-0.4, -0.2) is 64.9 Å². The molecule has 31 heavy (non-hydrogen) atoms. The SMILES string of the molecule is CN(C)CCCOc1ccc(-c2cn3nc(NCCOc4ccccc4)sc3n2)cn1. The lowest BCUT2D eigenvalue weighted by atomic mass is 10.2. The van der Waals surface area contributed by atoms with Crippen molar-refractivity contribution in [3.8, 4) is 22.9 Å². The molecule has 0 bridgehead atoms. The Hall–Kier alpha value is -3.17. The number of hydrogen-bond donors (Lipinski definition) is 1. The number of fused-ring (bicyclic) bond motifs is 1. The van der Waals surface area contributed by atoms with Gasteiger partial charge in [-0.05, 0) is 38.7 Å². The van der Waals surface area contributed by atoms with Gasteiger partial charge in [-0.2, -0.15) is 0 Å². The molecule has 0 amide bonds. The molecule has 8 nitrogen and oxygen atoms in total. The zero-order valence-corrected chi connectivity index (χ0v) is 18.5. The monoisotopic (exact) mass is 438 g/mol. The Bertz CT molecular complexity index is 1050. The highest BCUT2D eigenvalue weighted by molar-refractivity contribution is 7.20. The van der Waals surface area contributed by atoms with Crippen LogP contribution in [0.3, 0.4) is 0 Å².